The Kier molecular flexibility index (Phi) is 12.9. The second-order valence-electron chi connectivity index (χ2n) is 9.24. The lowest BCUT2D eigenvalue weighted by Gasteiger charge is -2.06. The van der Waals surface area contributed by atoms with E-state index < -0.39 is 0 Å². The first-order chi connectivity index (χ1) is 15.0. The van der Waals surface area contributed by atoms with Crippen LogP contribution in [-0.2, 0) is 35.0 Å². The maximum atomic E-state index is 5.66. The molecule has 0 N–H and O–H groups in total. The van der Waals surface area contributed by atoms with Crippen LogP contribution in [0, 0.1) is 11.8 Å². The Bertz CT molecular complexity index is 641. The van der Waals surface area contributed by atoms with Gasteiger partial charge in [-0.2, -0.15) is 0 Å². The van der Waals surface area contributed by atoms with Gasteiger partial charge in [0, 0.05) is 37.1 Å². The number of pyridine rings is 2. The Morgan fingerprint density at radius 3 is 1.42 bits per heavy atom. The summed E-state index contributed by atoms with van der Waals surface area (Å²) >= 11 is 0. The summed E-state index contributed by atoms with van der Waals surface area (Å²) in [5.41, 5.74) is 2.75. The van der Waals surface area contributed by atoms with Crippen LogP contribution in [0.15, 0.2) is 49.1 Å². The summed E-state index contributed by atoms with van der Waals surface area (Å²) in [6.45, 7) is 12.8. The van der Waals surface area contributed by atoms with E-state index in [0.717, 1.165) is 63.8 Å². The molecule has 0 aliphatic heterocycles. The van der Waals surface area contributed by atoms with E-state index in [4.69, 9.17) is 9.05 Å². The topological polar surface area (TPSA) is 26.2 Å². The number of aromatic nitrogens is 2. The lowest BCUT2D eigenvalue weighted by atomic mass is 10.1. The number of rotatable bonds is 16. The van der Waals surface area contributed by atoms with E-state index in [1.807, 2.05) is 0 Å². The summed E-state index contributed by atoms with van der Waals surface area (Å²) < 4.78 is 15.9. The van der Waals surface area contributed by atoms with Gasteiger partial charge >= 0.3 is 0 Å². The van der Waals surface area contributed by atoms with Crippen molar-refractivity contribution in [1.29, 1.82) is 0 Å². The normalized spacial score (nSPS) is 11.5. The van der Waals surface area contributed by atoms with Gasteiger partial charge < -0.3 is 9.05 Å². The van der Waals surface area contributed by atoms with E-state index in [1.54, 1.807) is 0 Å². The van der Waals surface area contributed by atoms with Gasteiger partial charge in [-0.15, -0.1) is 0 Å². The third kappa shape index (κ3) is 12.3. The van der Waals surface area contributed by atoms with Gasteiger partial charge in [0.05, 0.1) is 13.2 Å². The molecule has 0 spiro atoms. The molecule has 4 nitrogen and oxygen atoms in total. The molecule has 0 aliphatic carbocycles. The minimum atomic E-state index is 0.150. The lowest BCUT2D eigenvalue weighted by molar-refractivity contribution is -0.698. The molecular formula is C26H43N2O2P+2. The zero-order chi connectivity index (χ0) is 22.3. The van der Waals surface area contributed by atoms with Crippen molar-refractivity contribution in [1.82, 2.24) is 0 Å². The van der Waals surface area contributed by atoms with Gasteiger partial charge in [0.25, 0.3) is 0 Å². The van der Waals surface area contributed by atoms with E-state index in [-0.39, 0.29) is 9.03 Å². The van der Waals surface area contributed by atoms with Crippen molar-refractivity contribution in [3.63, 3.8) is 0 Å². The summed E-state index contributed by atoms with van der Waals surface area (Å²) in [4.78, 5) is 0. The molecule has 2 aromatic heterocycles. The van der Waals surface area contributed by atoms with Crippen LogP contribution in [0.3, 0.4) is 0 Å². The Balaban J connectivity index is 1.46. The van der Waals surface area contributed by atoms with E-state index in [2.05, 4.69) is 85.9 Å². The molecule has 0 amide bonds. The van der Waals surface area contributed by atoms with Crippen molar-refractivity contribution in [2.24, 2.45) is 11.8 Å². The highest BCUT2D eigenvalue weighted by Gasteiger charge is 2.04. The fourth-order valence-corrected chi connectivity index (χ4v) is 3.78. The molecule has 0 radical (unpaired) electrons. The zero-order valence-corrected chi connectivity index (χ0v) is 21.1. The SMILES string of the molecule is CC(C)CC[n+]1ccc(CCCOPOCCCc2cc[n+](CCC(C)C)cc2)cc1. The fourth-order valence-electron chi connectivity index (χ4n) is 3.24. The first-order valence-corrected chi connectivity index (χ1v) is 12.8. The second kappa shape index (κ2) is 15.5. The van der Waals surface area contributed by atoms with Crippen LogP contribution in [0.1, 0.15) is 64.5 Å². The van der Waals surface area contributed by atoms with Crippen LogP contribution >= 0.6 is 9.03 Å². The summed E-state index contributed by atoms with van der Waals surface area (Å²) in [5, 5.41) is 0. The number of hydrogen-bond donors (Lipinski definition) is 0. The van der Waals surface area contributed by atoms with Crippen LogP contribution in [-0.4, -0.2) is 13.2 Å². The standard InChI is InChI=1S/C26H43N2O2P/c1-23(2)9-15-27-17-11-25(12-18-27)7-5-21-29-31-30-22-6-8-26-13-19-28(20-14-26)16-10-24(3)4/h11-14,17-20,23-24,31H,5-10,15-16,21-22H2,1-4H3/q+2. The maximum Gasteiger partial charge on any atom is 0.169 e. The summed E-state index contributed by atoms with van der Waals surface area (Å²) in [6, 6.07) is 8.92. The average Bonchev–Trinajstić information content (AvgIpc) is 2.76. The molecule has 0 unspecified atom stereocenters. The Morgan fingerprint density at radius 1 is 0.677 bits per heavy atom. The predicted octanol–water partition coefficient (Wildman–Crippen LogP) is 5.46. The van der Waals surface area contributed by atoms with Gasteiger partial charge in [-0.25, -0.2) is 9.13 Å². The minimum absolute atomic E-state index is 0.150. The number of aryl methyl sites for hydroxylation is 4. The van der Waals surface area contributed by atoms with Crippen molar-refractivity contribution < 1.29 is 18.2 Å². The monoisotopic (exact) mass is 446 g/mol. The minimum Gasteiger partial charge on any atom is -0.336 e. The van der Waals surface area contributed by atoms with E-state index in [9.17, 15) is 0 Å². The van der Waals surface area contributed by atoms with Crippen LogP contribution in [0.25, 0.3) is 0 Å². The molecule has 31 heavy (non-hydrogen) atoms. The van der Waals surface area contributed by atoms with E-state index in [1.165, 1.54) is 24.0 Å². The molecule has 0 aromatic carbocycles. The third-order valence-corrected chi connectivity index (χ3v) is 6.04. The van der Waals surface area contributed by atoms with Gasteiger partial charge in [0.1, 0.15) is 13.1 Å². The molecule has 0 saturated carbocycles. The smallest absolute Gasteiger partial charge is 0.169 e. The average molecular weight is 447 g/mol. The fraction of sp³-hybridized carbons (Fsp3) is 0.615. The molecule has 172 valence electrons. The van der Waals surface area contributed by atoms with Gasteiger partial charge in [-0.05, 0) is 48.6 Å². The quantitative estimate of drug-likeness (QED) is 0.194. The largest absolute Gasteiger partial charge is 0.336 e. The van der Waals surface area contributed by atoms with Crippen LogP contribution in [0.2, 0.25) is 0 Å². The van der Waals surface area contributed by atoms with Crippen molar-refractivity contribution in [2.75, 3.05) is 13.2 Å². The summed E-state index contributed by atoms with van der Waals surface area (Å²) in [5.74, 6) is 1.50. The van der Waals surface area contributed by atoms with E-state index >= 15 is 0 Å². The molecule has 2 heterocycles. The van der Waals surface area contributed by atoms with Gasteiger partial charge in [-0.3, -0.25) is 0 Å². The van der Waals surface area contributed by atoms with Crippen molar-refractivity contribution in [3.8, 4) is 0 Å². The van der Waals surface area contributed by atoms with Gasteiger partial charge in [0.15, 0.2) is 33.8 Å². The highest BCUT2D eigenvalue weighted by Crippen LogP contribution is 2.15. The predicted molar refractivity (Wildman–Crippen MR) is 129 cm³/mol. The summed E-state index contributed by atoms with van der Waals surface area (Å²) in [7, 11) is 0.150. The lowest BCUT2D eigenvalue weighted by Crippen LogP contribution is -2.33. The van der Waals surface area contributed by atoms with E-state index in [0.29, 0.717) is 0 Å². The molecule has 2 rings (SSSR count). The first kappa shape index (κ1) is 25.9. The Labute approximate surface area is 192 Å². The van der Waals surface area contributed by atoms with Crippen LogP contribution < -0.4 is 9.13 Å². The Hall–Kier alpha value is -1.35. The Morgan fingerprint density at radius 2 is 1.06 bits per heavy atom. The molecule has 0 atom stereocenters. The second-order valence-corrected chi connectivity index (χ2v) is 9.98. The molecule has 0 aliphatic rings. The highest BCUT2D eigenvalue weighted by atomic mass is 31.1. The van der Waals surface area contributed by atoms with Crippen LogP contribution in [0.5, 0.6) is 0 Å². The first-order valence-electron chi connectivity index (χ1n) is 12.0. The van der Waals surface area contributed by atoms with Gasteiger partial charge in [-0.1, -0.05) is 27.7 Å². The molecule has 0 fully saturated rings. The van der Waals surface area contributed by atoms with Crippen LogP contribution in [0.4, 0.5) is 0 Å². The molecule has 0 saturated heterocycles. The molecule has 2 aromatic rings. The number of hydrogen-bond acceptors (Lipinski definition) is 2. The summed E-state index contributed by atoms with van der Waals surface area (Å²) in [6.07, 6.45) is 15.4. The van der Waals surface area contributed by atoms with Crippen molar-refractivity contribution in [3.05, 3.63) is 60.2 Å². The van der Waals surface area contributed by atoms with Crippen molar-refractivity contribution in [2.45, 2.75) is 79.3 Å². The maximum absolute atomic E-state index is 5.66. The molecule has 0 bridgehead atoms. The third-order valence-electron chi connectivity index (χ3n) is 5.39. The highest BCUT2D eigenvalue weighted by molar-refractivity contribution is 7.26. The van der Waals surface area contributed by atoms with Crippen molar-refractivity contribution >= 4 is 9.03 Å². The zero-order valence-electron chi connectivity index (χ0n) is 20.1. The number of nitrogens with zero attached hydrogens (tertiary/aromatic N) is 2. The molecular weight excluding hydrogens is 403 g/mol. The molecule has 5 heteroatoms. The van der Waals surface area contributed by atoms with Gasteiger partial charge in [0.2, 0.25) is 0 Å².